The molecule has 0 aromatic carbocycles. The number of hydrogen-bond acceptors (Lipinski definition) is 6. The Morgan fingerprint density at radius 3 is 1.09 bits per heavy atom. The van der Waals surface area contributed by atoms with Crippen molar-refractivity contribution in [2.75, 3.05) is 40.9 Å². The zero-order chi connectivity index (χ0) is 65.6. The lowest BCUT2D eigenvalue weighted by atomic mass is 10.0. The zero-order valence-electron chi connectivity index (χ0n) is 59.1. The first kappa shape index (κ1) is 86.2. The van der Waals surface area contributed by atoms with E-state index < -0.39 is 20.0 Å². The van der Waals surface area contributed by atoms with Gasteiger partial charge in [-0.3, -0.25) is 18.6 Å². The fourth-order valence-electron chi connectivity index (χ4n) is 10.2. The van der Waals surface area contributed by atoms with Crippen molar-refractivity contribution in [1.29, 1.82) is 0 Å². The minimum atomic E-state index is -4.47. The number of allylic oxidation sites excluding steroid dienone is 21. The number of phosphoric acid groups is 1. The van der Waals surface area contributed by atoms with Crippen molar-refractivity contribution in [1.82, 2.24) is 5.32 Å². The molecule has 0 radical (unpaired) electrons. The van der Waals surface area contributed by atoms with Crippen LogP contribution in [0.2, 0.25) is 0 Å². The molecule has 1 amide bonds. The van der Waals surface area contributed by atoms with E-state index in [0.717, 1.165) is 141 Å². The lowest BCUT2D eigenvalue weighted by Gasteiger charge is -2.27. The number of carbonyl (C=O) groups is 2. The average molecular weight is 1270 g/mol. The van der Waals surface area contributed by atoms with Gasteiger partial charge in [-0.15, -0.1) is 0 Å². The molecule has 90 heavy (non-hydrogen) atoms. The summed E-state index contributed by atoms with van der Waals surface area (Å²) in [5.41, 5.74) is 0. The van der Waals surface area contributed by atoms with Crippen molar-refractivity contribution in [3.63, 3.8) is 0 Å². The molecule has 3 unspecified atom stereocenters. The van der Waals surface area contributed by atoms with Gasteiger partial charge in [0.15, 0.2) is 0 Å². The molecule has 3 atom stereocenters. The highest BCUT2D eigenvalue weighted by molar-refractivity contribution is 7.47. The first-order valence-corrected chi connectivity index (χ1v) is 38.5. The van der Waals surface area contributed by atoms with Crippen LogP contribution >= 0.6 is 7.82 Å². The highest BCUT2D eigenvalue weighted by Crippen LogP contribution is 2.43. The molecule has 0 aromatic rings. The number of nitrogens with zero attached hydrogens (tertiary/aromatic N) is 1. The number of likely N-dealkylation sites (N-methyl/N-ethyl adjacent to an activating group) is 1. The molecule has 0 heterocycles. The topological polar surface area (TPSA) is 111 Å². The molecule has 10 heteroatoms. The molecule has 0 aliphatic heterocycles. The van der Waals surface area contributed by atoms with Crippen LogP contribution in [0.5, 0.6) is 0 Å². The van der Waals surface area contributed by atoms with Crippen LogP contribution in [0.1, 0.15) is 310 Å². The quantitative estimate of drug-likeness (QED) is 0.0205. The molecular weight excluding hydrogens is 1130 g/mol. The fourth-order valence-corrected chi connectivity index (χ4v) is 10.9. The maximum absolute atomic E-state index is 13.6. The Kier molecular flexibility index (Phi) is 65.1. The van der Waals surface area contributed by atoms with Crippen molar-refractivity contribution >= 4 is 19.7 Å². The number of unbranched alkanes of at least 4 members (excludes halogenated alkanes) is 30. The Balaban J connectivity index is 5.08. The van der Waals surface area contributed by atoms with Gasteiger partial charge in [-0.2, -0.15) is 0 Å². The predicted molar refractivity (Wildman–Crippen MR) is 392 cm³/mol. The number of rotatable bonds is 66. The first-order chi connectivity index (χ1) is 43.9. The summed E-state index contributed by atoms with van der Waals surface area (Å²) in [5, 5.41) is 3.06. The summed E-state index contributed by atoms with van der Waals surface area (Å²) >= 11 is 0. The van der Waals surface area contributed by atoms with E-state index in [1.807, 2.05) is 33.3 Å². The number of nitrogens with one attached hydrogen (secondary N) is 1. The maximum atomic E-state index is 13.6. The van der Waals surface area contributed by atoms with Crippen LogP contribution in [0.25, 0.3) is 0 Å². The minimum absolute atomic E-state index is 0.0300. The van der Waals surface area contributed by atoms with E-state index in [2.05, 4.69) is 148 Å². The molecule has 516 valence electrons. The highest BCUT2D eigenvalue weighted by atomic mass is 31.2. The van der Waals surface area contributed by atoms with Crippen LogP contribution < -0.4 is 5.32 Å². The van der Waals surface area contributed by atoms with E-state index in [1.165, 1.54) is 135 Å². The van der Waals surface area contributed by atoms with Gasteiger partial charge in [0.05, 0.1) is 33.8 Å². The van der Waals surface area contributed by atoms with E-state index in [1.54, 1.807) is 0 Å². The summed E-state index contributed by atoms with van der Waals surface area (Å²) in [4.78, 5) is 38.0. The highest BCUT2D eigenvalue weighted by Gasteiger charge is 2.30. The molecule has 0 aliphatic rings. The summed E-state index contributed by atoms with van der Waals surface area (Å²) in [6.45, 7) is 6.86. The number of esters is 1. The number of carbonyl (C=O) groups excluding carboxylic acids is 2. The summed E-state index contributed by atoms with van der Waals surface area (Å²) in [6, 6.07) is -0.869. The molecule has 0 saturated heterocycles. The van der Waals surface area contributed by atoms with Crippen LogP contribution in [0.3, 0.4) is 0 Å². The third kappa shape index (κ3) is 68.5. The van der Waals surface area contributed by atoms with Gasteiger partial charge >= 0.3 is 13.8 Å². The summed E-state index contributed by atoms with van der Waals surface area (Å²) in [7, 11) is 1.47. The van der Waals surface area contributed by atoms with Crippen LogP contribution in [-0.4, -0.2) is 74.3 Å². The Bertz CT molecular complexity index is 2000. The molecule has 0 rings (SSSR count). The molecule has 2 N–H and O–H groups in total. The normalized spacial score (nSPS) is 14.3. The standard InChI is InChI=1S/C80H139N2O7P/c1-7-10-13-16-19-22-25-28-30-32-34-36-38-40-41-43-45-47-49-51-53-55-58-61-64-67-70-73-80(84)89-78(71-68-65-62-59-56-27-24-21-18-15-12-9-3)77(76-88-90(85,86)87-75-74-82(4,5)6)81-79(83)72-69-66-63-60-57-54-52-50-48-46-44-42-39-37-35-33-31-29-26-23-20-17-14-11-8-2/h11,14,19-20,22-23,28-31,34-37,40-42,44,48,50,68,71,77-78H,7-10,12-13,15-18,21,24-27,32-33,38-39,43,45-47,49,51-67,69-70,72-76H2,1-6H3,(H-,81,83,85,86)/p+1/b14-11-,22-19-,23-20-,30-28-,31-29-,36-34-,37-35-,41-40-,44-42-,50-48-,71-68+. The molecular formula is C80H140N2O7P+. The number of quaternary nitrogens is 1. The third-order valence-corrected chi connectivity index (χ3v) is 16.8. The van der Waals surface area contributed by atoms with Gasteiger partial charge in [0, 0.05) is 12.8 Å². The van der Waals surface area contributed by atoms with E-state index in [4.69, 9.17) is 13.8 Å². The molecule has 0 spiro atoms. The second kappa shape index (κ2) is 68.0. The predicted octanol–water partition coefficient (Wildman–Crippen LogP) is 24.0. The summed E-state index contributed by atoms with van der Waals surface area (Å²) in [5.74, 6) is -0.528. The van der Waals surface area contributed by atoms with Crippen molar-refractivity contribution in [3.05, 3.63) is 134 Å². The first-order valence-electron chi connectivity index (χ1n) is 37.0. The number of ether oxygens (including phenoxy) is 1. The van der Waals surface area contributed by atoms with Gasteiger partial charge < -0.3 is 19.4 Å². The lowest BCUT2D eigenvalue weighted by Crippen LogP contribution is -2.47. The average Bonchev–Trinajstić information content (AvgIpc) is 3.11. The molecule has 0 bridgehead atoms. The van der Waals surface area contributed by atoms with Crippen molar-refractivity contribution in [2.45, 2.75) is 322 Å². The van der Waals surface area contributed by atoms with Crippen molar-refractivity contribution in [3.8, 4) is 0 Å². The van der Waals surface area contributed by atoms with Gasteiger partial charge in [0.2, 0.25) is 5.91 Å². The Morgan fingerprint density at radius 1 is 0.400 bits per heavy atom. The molecule has 0 aliphatic carbocycles. The van der Waals surface area contributed by atoms with E-state index in [-0.39, 0.29) is 31.5 Å². The van der Waals surface area contributed by atoms with Crippen LogP contribution in [0.4, 0.5) is 0 Å². The minimum Gasteiger partial charge on any atom is -0.456 e. The largest absolute Gasteiger partial charge is 0.472 e. The molecule has 0 saturated carbocycles. The Labute approximate surface area is 556 Å². The van der Waals surface area contributed by atoms with Gasteiger partial charge in [-0.1, -0.05) is 302 Å². The van der Waals surface area contributed by atoms with Crippen molar-refractivity contribution < 1.29 is 37.3 Å². The lowest BCUT2D eigenvalue weighted by molar-refractivity contribution is -0.870. The number of hydrogen-bond donors (Lipinski definition) is 2. The number of phosphoric ester groups is 1. The smallest absolute Gasteiger partial charge is 0.456 e. The van der Waals surface area contributed by atoms with Gasteiger partial charge in [-0.05, 0) is 128 Å². The van der Waals surface area contributed by atoms with E-state index >= 15 is 0 Å². The Hall–Kier alpha value is -3.85. The monoisotopic (exact) mass is 1270 g/mol. The fraction of sp³-hybridized carbons (Fsp3) is 0.700. The van der Waals surface area contributed by atoms with Gasteiger partial charge in [0.1, 0.15) is 19.3 Å². The van der Waals surface area contributed by atoms with Crippen molar-refractivity contribution in [2.24, 2.45) is 0 Å². The summed E-state index contributed by atoms with van der Waals surface area (Å²) < 4.78 is 30.9. The molecule has 9 nitrogen and oxygen atoms in total. The van der Waals surface area contributed by atoms with Gasteiger partial charge in [-0.25, -0.2) is 4.57 Å². The Morgan fingerprint density at radius 2 is 0.711 bits per heavy atom. The van der Waals surface area contributed by atoms with E-state index in [0.29, 0.717) is 17.4 Å². The maximum Gasteiger partial charge on any atom is 0.472 e. The second-order valence-corrected chi connectivity index (χ2v) is 27.2. The second-order valence-electron chi connectivity index (χ2n) is 25.7. The molecule has 0 fully saturated rings. The molecule has 0 aromatic heterocycles. The van der Waals surface area contributed by atoms with Crippen LogP contribution in [0.15, 0.2) is 134 Å². The summed E-state index contributed by atoms with van der Waals surface area (Å²) in [6.07, 6.45) is 97.5. The van der Waals surface area contributed by atoms with Crippen LogP contribution in [0, 0.1) is 0 Å². The zero-order valence-corrected chi connectivity index (χ0v) is 60.0. The number of amides is 1. The van der Waals surface area contributed by atoms with E-state index in [9.17, 15) is 19.0 Å². The SMILES string of the molecule is CC/C=C\C/C=C\C/C=C\C/C=C\C/C=C\C/C=C\CCCCCCCCC(=O)NC(COP(=O)(O)OCC[N+](C)(C)C)C(/C=C/CCCCCCCCCCCC)OC(=O)CCCCCCCCCCCCC/C=C\C/C=C\C/C=C\C/C=C\CCCCC. The van der Waals surface area contributed by atoms with Gasteiger partial charge in [0.25, 0.3) is 0 Å². The van der Waals surface area contributed by atoms with Crippen LogP contribution in [-0.2, 0) is 27.9 Å². The third-order valence-electron chi connectivity index (χ3n) is 15.8.